The Morgan fingerprint density at radius 3 is 3.06 bits per heavy atom. The van der Waals surface area contributed by atoms with Gasteiger partial charge in [0.15, 0.2) is 5.82 Å². The number of hydrogen-bond donors (Lipinski definition) is 1. The lowest BCUT2D eigenvalue weighted by molar-refractivity contribution is -0.130. The van der Waals surface area contributed by atoms with E-state index in [1.54, 1.807) is 25.2 Å². The smallest absolute Gasteiger partial charge is 0.246 e. The van der Waals surface area contributed by atoms with Crippen LogP contribution in [0.3, 0.4) is 0 Å². The highest BCUT2D eigenvalue weighted by molar-refractivity contribution is 5.85. The maximum atomic E-state index is 12.1. The molecule has 2 rings (SSSR count). The Bertz CT molecular complexity index is 381. The Morgan fingerprint density at radius 2 is 2.41 bits per heavy atom. The fourth-order valence-corrected chi connectivity index (χ4v) is 1.94. The van der Waals surface area contributed by atoms with Gasteiger partial charge >= 0.3 is 0 Å². The van der Waals surface area contributed by atoms with Crippen LogP contribution in [-0.2, 0) is 4.79 Å². The van der Waals surface area contributed by atoms with E-state index in [0.717, 1.165) is 18.9 Å². The van der Waals surface area contributed by atoms with E-state index in [1.165, 1.54) is 0 Å². The van der Waals surface area contributed by atoms with E-state index in [4.69, 9.17) is 0 Å². The number of piperazine rings is 1. The van der Waals surface area contributed by atoms with Crippen LogP contribution in [0, 0.1) is 0 Å². The largest absolute Gasteiger partial charge is 0.347 e. The number of aromatic nitrogens is 2. The van der Waals surface area contributed by atoms with E-state index in [0.29, 0.717) is 6.54 Å². The number of hydrogen-bond acceptors (Lipinski definition) is 5. The average molecular weight is 235 g/mol. The summed E-state index contributed by atoms with van der Waals surface area (Å²) in [4.78, 5) is 15.7. The Labute approximate surface area is 101 Å². The highest BCUT2D eigenvalue weighted by atomic mass is 16.2. The first-order valence-corrected chi connectivity index (χ1v) is 5.66. The molecule has 0 aromatic carbocycles. The molecule has 2 heterocycles. The normalized spacial score (nSPS) is 20.1. The second-order valence-corrected chi connectivity index (χ2v) is 4.23. The SMILES string of the molecule is CN(C)C(=O)C1CNCCN1c1cccnn1. The van der Waals surface area contributed by atoms with Gasteiger partial charge in [-0.05, 0) is 12.1 Å². The van der Waals surface area contributed by atoms with Gasteiger partial charge in [-0.3, -0.25) is 4.79 Å². The first-order valence-electron chi connectivity index (χ1n) is 5.66. The van der Waals surface area contributed by atoms with Crippen molar-refractivity contribution in [3.05, 3.63) is 18.3 Å². The molecular weight excluding hydrogens is 218 g/mol. The molecule has 0 saturated carbocycles. The third-order valence-electron chi connectivity index (χ3n) is 2.82. The minimum absolute atomic E-state index is 0.0860. The van der Waals surface area contributed by atoms with E-state index in [9.17, 15) is 4.79 Å². The van der Waals surface area contributed by atoms with Gasteiger partial charge in [-0.25, -0.2) is 0 Å². The molecule has 1 aromatic rings. The van der Waals surface area contributed by atoms with E-state index < -0.39 is 0 Å². The van der Waals surface area contributed by atoms with Crippen molar-refractivity contribution in [2.24, 2.45) is 0 Å². The molecule has 0 bridgehead atoms. The van der Waals surface area contributed by atoms with Crippen molar-refractivity contribution in [3.8, 4) is 0 Å². The lowest BCUT2D eigenvalue weighted by atomic mass is 10.1. The fraction of sp³-hybridized carbons (Fsp3) is 0.545. The molecule has 0 aliphatic carbocycles. The van der Waals surface area contributed by atoms with Gasteiger partial charge < -0.3 is 15.1 Å². The van der Waals surface area contributed by atoms with Crippen molar-refractivity contribution in [2.45, 2.75) is 6.04 Å². The molecule has 92 valence electrons. The molecule has 1 saturated heterocycles. The molecule has 0 radical (unpaired) electrons. The number of nitrogens with one attached hydrogen (secondary N) is 1. The van der Waals surface area contributed by atoms with E-state index in [2.05, 4.69) is 15.5 Å². The summed E-state index contributed by atoms with van der Waals surface area (Å²) in [6, 6.07) is 3.52. The predicted molar refractivity (Wildman–Crippen MR) is 64.7 cm³/mol. The summed E-state index contributed by atoms with van der Waals surface area (Å²) in [5.74, 6) is 0.844. The lowest BCUT2D eigenvalue weighted by Gasteiger charge is -2.36. The quantitative estimate of drug-likeness (QED) is 0.737. The Morgan fingerprint density at radius 1 is 1.59 bits per heavy atom. The third kappa shape index (κ3) is 2.52. The number of rotatable bonds is 2. The zero-order valence-electron chi connectivity index (χ0n) is 10.1. The second-order valence-electron chi connectivity index (χ2n) is 4.23. The van der Waals surface area contributed by atoms with Gasteiger partial charge in [-0.15, -0.1) is 5.10 Å². The lowest BCUT2D eigenvalue weighted by Crippen LogP contribution is -2.58. The number of nitrogens with zero attached hydrogens (tertiary/aromatic N) is 4. The molecule has 1 atom stereocenters. The topological polar surface area (TPSA) is 61.4 Å². The summed E-state index contributed by atoms with van der Waals surface area (Å²) in [7, 11) is 3.54. The van der Waals surface area contributed by atoms with E-state index in [1.807, 2.05) is 17.0 Å². The summed E-state index contributed by atoms with van der Waals surface area (Å²) < 4.78 is 0. The minimum atomic E-state index is -0.199. The third-order valence-corrected chi connectivity index (χ3v) is 2.82. The van der Waals surface area contributed by atoms with Crippen molar-refractivity contribution in [3.63, 3.8) is 0 Å². The Kier molecular flexibility index (Phi) is 3.53. The van der Waals surface area contributed by atoms with Gasteiger partial charge in [0.05, 0.1) is 0 Å². The van der Waals surface area contributed by atoms with Crippen molar-refractivity contribution < 1.29 is 4.79 Å². The summed E-state index contributed by atoms with van der Waals surface area (Å²) in [5, 5.41) is 11.2. The molecule has 1 N–H and O–H groups in total. The standard InChI is InChI=1S/C11H17N5O/c1-15(2)11(17)9-8-12-6-7-16(9)10-4-3-5-13-14-10/h3-5,9,12H,6-8H2,1-2H3. The van der Waals surface area contributed by atoms with Gasteiger partial charge in [-0.2, -0.15) is 5.10 Å². The monoisotopic (exact) mass is 235 g/mol. The first-order chi connectivity index (χ1) is 8.20. The van der Waals surface area contributed by atoms with Crippen LogP contribution >= 0.6 is 0 Å². The number of anilines is 1. The second kappa shape index (κ2) is 5.09. The van der Waals surface area contributed by atoms with Crippen molar-refractivity contribution >= 4 is 11.7 Å². The molecule has 6 heteroatoms. The summed E-state index contributed by atoms with van der Waals surface area (Å²) >= 11 is 0. The predicted octanol–water partition coefficient (Wildman–Crippen LogP) is -0.657. The number of likely N-dealkylation sites (N-methyl/N-ethyl adjacent to an activating group) is 1. The van der Waals surface area contributed by atoms with E-state index in [-0.39, 0.29) is 11.9 Å². The summed E-state index contributed by atoms with van der Waals surface area (Å²) in [6.07, 6.45) is 1.63. The Hall–Kier alpha value is -1.69. The molecular formula is C11H17N5O. The van der Waals surface area contributed by atoms with Crippen LogP contribution in [-0.4, -0.2) is 60.8 Å². The molecule has 17 heavy (non-hydrogen) atoms. The minimum Gasteiger partial charge on any atom is -0.347 e. The van der Waals surface area contributed by atoms with Crippen LogP contribution in [0.4, 0.5) is 5.82 Å². The van der Waals surface area contributed by atoms with Gasteiger partial charge in [0.25, 0.3) is 0 Å². The fourth-order valence-electron chi connectivity index (χ4n) is 1.94. The van der Waals surface area contributed by atoms with Crippen molar-refractivity contribution in [1.29, 1.82) is 0 Å². The van der Waals surface area contributed by atoms with Gasteiger partial charge in [0.2, 0.25) is 5.91 Å². The molecule has 1 aromatic heterocycles. The van der Waals surface area contributed by atoms with E-state index >= 15 is 0 Å². The maximum Gasteiger partial charge on any atom is 0.246 e. The van der Waals surface area contributed by atoms with Crippen LogP contribution in [0.15, 0.2) is 18.3 Å². The highest BCUT2D eigenvalue weighted by Crippen LogP contribution is 2.15. The van der Waals surface area contributed by atoms with Gasteiger partial charge in [-0.1, -0.05) is 0 Å². The summed E-state index contributed by atoms with van der Waals surface area (Å²) in [6.45, 7) is 2.27. The molecule has 1 amide bonds. The first kappa shape index (κ1) is 11.8. The maximum absolute atomic E-state index is 12.1. The molecule has 1 aliphatic heterocycles. The summed E-state index contributed by atoms with van der Waals surface area (Å²) in [5.41, 5.74) is 0. The van der Waals surface area contributed by atoms with Crippen LogP contribution in [0.2, 0.25) is 0 Å². The van der Waals surface area contributed by atoms with Crippen molar-refractivity contribution in [1.82, 2.24) is 20.4 Å². The van der Waals surface area contributed by atoms with Crippen LogP contribution in [0.25, 0.3) is 0 Å². The number of carbonyl (C=O) groups is 1. The van der Waals surface area contributed by atoms with Crippen LogP contribution < -0.4 is 10.2 Å². The zero-order chi connectivity index (χ0) is 12.3. The number of amides is 1. The number of carbonyl (C=O) groups excluding carboxylic acids is 1. The van der Waals surface area contributed by atoms with Crippen LogP contribution in [0.1, 0.15) is 0 Å². The zero-order valence-corrected chi connectivity index (χ0v) is 10.1. The molecule has 1 fully saturated rings. The molecule has 1 unspecified atom stereocenters. The molecule has 0 spiro atoms. The average Bonchev–Trinajstić information content (AvgIpc) is 2.39. The highest BCUT2D eigenvalue weighted by Gasteiger charge is 2.30. The molecule has 1 aliphatic rings. The Balaban J connectivity index is 2.21. The van der Waals surface area contributed by atoms with Gasteiger partial charge in [0.1, 0.15) is 6.04 Å². The van der Waals surface area contributed by atoms with Gasteiger partial charge in [0, 0.05) is 39.9 Å². The van der Waals surface area contributed by atoms with Crippen LogP contribution in [0.5, 0.6) is 0 Å². The van der Waals surface area contributed by atoms with Crippen molar-refractivity contribution in [2.75, 3.05) is 38.6 Å². The molecule has 6 nitrogen and oxygen atoms in total.